The Morgan fingerprint density at radius 2 is 2.12 bits per heavy atom. The van der Waals surface area contributed by atoms with Gasteiger partial charge in [0, 0.05) is 44.7 Å². The number of rotatable bonds is 5. The number of piperidine rings is 1. The third-order valence-electron chi connectivity index (χ3n) is 4.05. The van der Waals surface area contributed by atoms with E-state index in [2.05, 4.69) is 5.32 Å². The van der Waals surface area contributed by atoms with Crippen molar-refractivity contribution >= 4 is 17.9 Å². The number of amides is 2. The molecule has 6 nitrogen and oxygen atoms in total. The van der Waals surface area contributed by atoms with Gasteiger partial charge in [0.1, 0.15) is 0 Å². The molecule has 0 saturated carbocycles. The van der Waals surface area contributed by atoms with Crippen LogP contribution >= 0.6 is 0 Å². The van der Waals surface area contributed by atoms with Gasteiger partial charge in [-0.1, -0.05) is 18.2 Å². The molecular weight excluding hydrogens is 318 g/mol. The fourth-order valence-electron chi connectivity index (χ4n) is 2.68. The van der Waals surface area contributed by atoms with Gasteiger partial charge in [0.15, 0.2) is 0 Å². The number of aliphatic hydroxyl groups is 1. The van der Waals surface area contributed by atoms with Gasteiger partial charge in [0.2, 0.25) is 11.8 Å². The van der Waals surface area contributed by atoms with Crippen LogP contribution in [0.5, 0.6) is 0 Å². The van der Waals surface area contributed by atoms with Gasteiger partial charge in [-0.3, -0.25) is 9.59 Å². The number of aliphatic hydroxyl groups excluding tert-OH is 1. The van der Waals surface area contributed by atoms with Gasteiger partial charge >= 0.3 is 0 Å². The standard InChI is InChI=1S/C19H25N3O3/c1-3-4-5-6-18(24)20-16-10-12-22(14-17(16)23)19(25)8-7-15-9-11-21(2)13-15/h3-9,11,13,16-17,23H,10,12,14H2,1-2H3,(H,20,24)/b4-3+,6-5+,8-7+. The van der Waals surface area contributed by atoms with Crippen molar-refractivity contribution in [3.05, 3.63) is 54.4 Å². The summed E-state index contributed by atoms with van der Waals surface area (Å²) in [5.74, 6) is -0.383. The zero-order valence-electron chi connectivity index (χ0n) is 14.6. The highest BCUT2D eigenvalue weighted by molar-refractivity contribution is 5.92. The van der Waals surface area contributed by atoms with Crippen LogP contribution in [0.2, 0.25) is 0 Å². The molecule has 2 unspecified atom stereocenters. The van der Waals surface area contributed by atoms with E-state index in [4.69, 9.17) is 0 Å². The van der Waals surface area contributed by atoms with Crippen molar-refractivity contribution in [3.8, 4) is 0 Å². The summed E-state index contributed by atoms with van der Waals surface area (Å²) in [7, 11) is 1.92. The van der Waals surface area contributed by atoms with Crippen molar-refractivity contribution in [1.29, 1.82) is 0 Å². The number of aromatic nitrogens is 1. The van der Waals surface area contributed by atoms with Crippen LogP contribution in [-0.4, -0.2) is 51.6 Å². The van der Waals surface area contributed by atoms with E-state index < -0.39 is 6.10 Å². The minimum absolute atomic E-state index is 0.138. The Bertz CT molecular complexity index is 688. The molecule has 0 aromatic carbocycles. The van der Waals surface area contributed by atoms with Gasteiger partial charge in [-0.25, -0.2) is 0 Å². The smallest absolute Gasteiger partial charge is 0.246 e. The van der Waals surface area contributed by atoms with E-state index in [1.54, 1.807) is 23.1 Å². The normalized spacial score (nSPS) is 21.5. The maximum atomic E-state index is 12.2. The Labute approximate surface area is 148 Å². The maximum absolute atomic E-state index is 12.2. The van der Waals surface area contributed by atoms with Crippen molar-refractivity contribution in [3.63, 3.8) is 0 Å². The molecule has 0 aliphatic carbocycles. The Balaban J connectivity index is 1.84. The van der Waals surface area contributed by atoms with E-state index in [1.807, 2.05) is 43.1 Å². The zero-order chi connectivity index (χ0) is 18.2. The van der Waals surface area contributed by atoms with Crippen molar-refractivity contribution in [1.82, 2.24) is 14.8 Å². The summed E-state index contributed by atoms with van der Waals surface area (Å²) in [6, 6.07) is 1.58. The number of nitrogens with zero attached hydrogens (tertiary/aromatic N) is 2. The number of likely N-dealkylation sites (tertiary alicyclic amines) is 1. The first-order chi connectivity index (χ1) is 12.0. The monoisotopic (exact) mass is 343 g/mol. The van der Waals surface area contributed by atoms with Gasteiger partial charge in [-0.2, -0.15) is 0 Å². The lowest BCUT2D eigenvalue weighted by atomic mass is 10.0. The van der Waals surface area contributed by atoms with E-state index in [0.717, 1.165) is 5.56 Å². The van der Waals surface area contributed by atoms with Crippen LogP contribution < -0.4 is 5.32 Å². The highest BCUT2D eigenvalue weighted by Crippen LogP contribution is 2.13. The molecular formula is C19H25N3O3. The molecule has 134 valence electrons. The topological polar surface area (TPSA) is 74.6 Å². The predicted octanol–water partition coefficient (Wildman–Crippen LogP) is 1.25. The quantitative estimate of drug-likeness (QED) is 0.624. The average molecular weight is 343 g/mol. The van der Waals surface area contributed by atoms with E-state index in [1.165, 1.54) is 12.2 Å². The molecule has 1 fully saturated rings. The molecule has 0 bridgehead atoms. The van der Waals surface area contributed by atoms with Crippen LogP contribution in [-0.2, 0) is 16.6 Å². The van der Waals surface area contributed by atoms with Crippen LogP contribution in [0.4, 0.5) is 0 Å². The predicted molar refractivity (Wildman–Crippen MR) is 97.5 cm³/mol. The Kier molecular flexibility index (Phi) is 6.77. The second-order valence-electron chi connectivity index (χ2n) is 6.08. The fraction of sp³-hybridized carbons (Fsp3) is 0.368. The molecule has 2 amide bonds. The number of aryl methyl sites for hydroxylation is 1. The van der Waals surface area contributed by atoms with Gasteiger partial charge in [-0.05, 0) is 31.1 Å². The lowest BCUT2D eigenvalue weighted by Gasteiger charge is -2.35. The van der Waals surface area contributed by atoms with Crippen molar-refractivity contribution in [2.24, 2.45) is 7.05 Å². The minimum Gasteiger partial charge on any atom is -0.389 e. The molecule has 1 aromatic rings. The highest BCUT2D eigenvalue weighted by atomic mass is 16.3. The molecule has 25 heavy (non-hydrogen) atoms. The SMILES string of the molecule is C/C=C/C=C/C(=O)NC1CCN(C(=O)/C=C/c2ccn(C)c2)CC1O. The van der Waals surface area contributed by atoms with Crippen LogP contribution in [0.25, 0.3) is 6.08 Å². The third-order valence-corrected chi connectivity index (χ3v) is 4.05. The summed E-state index contributed by atoms with van der Waals surface area (Å²) in [5.41, 5.74) is 0.950. The lowest BCUT2D eigenvalue weighted by Crippen LogP contribution is -2.54. The minimum atomic E-state index is -0.776. The second-order valence-corrected chi connectivity index (χ2v) is 6.08. The van der Waals surface area contributed by atoms with Crippen LogP contribution in [0.15, 0.2) is 48.8 Å². The Morgan fingerprint density at radius 3 is 2.76 bits per heavy atom. The number of carbonyl (C=O) groups excluding carboxylic acids is 2. The maximum Gasteiger partial charge on any atom is 0.246 e. The summed E-state index contributed by atoms with van der Waals surface area (Å²) in [5, 5.41) is 13.0. The van der Waals surface area contributed by atoms with Crippen molar-refractivity contribution in [2.75, 3.05) is 13.1 Å². The number of nitrogens with one attached hydrogen (secondary N) is 1. The van der Waals surface area contributed by atoms with Gasteiger partial charge in [0.25, 0.3) is 0 Å². The first-order valence-corrected chi connectivity index (χ1v) is 8.36. The molecule has 1 aromatic heterocycles. The molecule has 2 N–H and O–H groups in total. The summed E-state index contributed by atoms with van der Waals surface area (Å²) in [6.45, 7) is 2.57. The van der Waals surface area contributed by atoms with Gasteiger partial charge in [0.05, 0.1) is 12.1 Å². The molecule has 1 aliphatic heterocycles. The van der Waals surface area contributed by atoms with E-state index in [-0.39, 0.29) is 24.4 Å². The number of allylic oxidation sites excluding steroid dienone is 3. The zero-order valence-corrected chi connectivity index (χ0v) is 14.6. The van der Waals surface area contributed by atoms with Crippen LogP contribution in [0, 0.1) is 0 Å². The van der Waals surface area contributed by atoms with Gasteiger partial charge in [-0.15, -0.1) is 0 Å². The molecule has 1 aliphatic rings. The summed E-state index contributed by atoms with van der Waals surface area (Å²) in [6.07, 6.45) is 13.5. The van der Waals surface area contributed by atoms with Gasteiger partial charge < -0.3 is 19.9 Å². The molecule has 2 atom stereocenters. The number of hydrogen-bond donors (Lipinski definition) is 2. The molecule has 0 spiro atoms. The first kappa shape index (κ1) is 18.7. The summed E-state index contributed by atoms with van der Waals surface area (Å²) >= 11 is 0. The molecule has 2 heterocycles. The number of β-amino-alcohol motifs (C(OH)–C–C–N with tert-alkyl or cyclic N) is 1. The molecule has 0 radical (unpaired) electrons. The molecule has 6 heteroatoms. The third kappa shape index (κ3) is 5.76. The summed E-state index contributed by atoms with van der Waals surface area (Å²) in [4.78, 5) is 25.6. The molecule has 2 rings (SSSR count). The second kappa shape index (κ2) is 9.03. The Hall–Kier alpha value is -2.60. The van der Waals surface area contributed by atoms with E-state index in [0.29, 0.717) is 13.0 Å². The van der Waals surface area contributed by atoms with Crippen molar-refractivity contribution < 1.29 is 14.7 Å². The Morgan fingerprint density at radius 1 is 1.32 bits per heavy atom. The van der Waals surface area contributed by atoms with Crippen LogP contribution in [0.3, 0.4) is 0 Å². The number of hydrogen-bond acceptors (Lipinski definition) is 3. The highest BCUT2D eigenvalue weighted by Gasteiger charge is 2.29. The average Bonchev–Trinajstić information content (AvgIpc) is 3.00. The largest absolute Gasteiger partial charge is 0.389 e. The fourth-order valence-corrected chi connectivity index (χ4v) is 2.68. The van der Waals surface area contributed by atoms with Crippen LogP contribution in [0.1, 0.15) is 18.9 Å². The lowest BCUT2D eigenvalue weighted by molar-refractivity contribution is -0.130. The van der Waals surface area contributed by atoms with E-state index in [9.17, 15) is 14.7 Å². The van der Waals surface area contributed by atoms with E-state index >= 15 is 0 Å². The first-order valence-electron chi connectivity index (χ1n) is 8.36. The summed E-state index contributed by atoms with van der Waals surface area (Å²) < 4.78 is 1.91. The van der Waals surface area contributed by atoms with Crippen molar-refractivity contribution in [2.45, 2.75) is 25.5 Å². The number of carbonyl (C=O) groups is 2. The molecule has 1 saturated heterocycles.